The van der Waals surface area contributed by atoms with Crippen molar-refractivity contribution in [3.63, 3.8) is 0 Å². The molecule has 1 heteroatoms. The first kappa shape index (κ1) is 17.0. The lowest BCUT2D eigenvalue weighted by atomic mass is 9.98. The summed E-state index contributed by atoms with van der Waals surface area (Å²) in [6.07, 6.45) is 21.6. The molecule has 0 aromatic carbocycles. The fourth-order valence-electron chi connectivity index (χ4n) is 3.23. The molecule has 1 nitrogen and oxygen atoms in total. The van der Waals surface area contributed by atoms with Crippen molar-refractivity contribution in [2.45, 2.75) is 109 Å². The highest BCUT2D eigenvalue weighted by molar-refractivity contribution is 4.68. The molecule has 0 radical (unpaired) electrons. The van der Waals surface area contributed by atoms with Crippen LogP contribution in [0, 0.1) is 0 Å². The summed E-state index contributed by atoms with van der Waals surface area (Å²) in [7, 11) is 0. The third-order valence-electron chi connectivity index (χ3n) is 4.57. The molecule has 1 N–H and O–H groups in total. The van der Waals surface area contributed by atoms with E-state index in [1.54, 1.807) is 0 Å². The molecule has 0 aliphatic heterocycles. The van der Waals surface area contributed by atoms with E-state index in [0.29, 0.717) is 0 Å². The topological polar surface area (TPSA) is 12.0 Å². The Balaban J connectivity index is 2.11. The molecule has 0 saturated heterocycles. The second kappa shape index (κ2) is 13.0. The lowest BCUT2D eigenvalue weighted by Crippen LogP contribution is -2.30. The van der Waals surface area contributed by atoms with Crippen LogP contribution < -0.4 is 5.32 Å². The van der Waals surface area contributed by atoms with E-state index in [0.717, 1.165) is 6.04 Å². The summed E-state index contributed by atoms with van der Waals surface area (Å²) in [5, 5.41) is 3.83. The standard InChI is InChI=1S/C18H37N/c1-2-3-4-14-17-19-18-15-12-10-8-6-5-7-9-11-13-16-18/h18-19H,2-17H2,1H3. The summed E-state index contributed by atoms with van der Waals surface area (Å²) >= 11 is 0. The molecular weight excluding hydrogens is 230 g/mol. The van der Waals surface area contributed by atoms with Crippen LogP contribution in [0.4, 0.5) is 0 Å². The Morgan fingerprint density at radius 3 is 1.74 bits per heavy atom. The maximum atomic E-state index is 3.83. The van der Waals surface area contributed by atoms with E-state index in [1.807, 2.05) is 0 Å². The van der Waals surface area contributed by atoms with E-state index in [1.165, 1.54) is 103 Å². The van der Waals surface area contributed by atoms with Crippen molar-refractivity contribution >= 4 is 0 Å². The number of unbranched alkanes of at least 4 members (excludes halogenated alkanes) is 3. The van der Waals surface area contributed by atoms with Gasteiger partial charge in [-0.25, -0.2) is 0 Å². The van der Waals surface area contributed by atoms with Crippen molar-refractivity contribution < 1.29 is 0 Å². The van der Waals surface area contributed by atoms with Crippen molar-refractivity contribution in [1.82, 2.24) is 5.32 Å². The first-order valence-corrected chi connectivity index (χ1v) is 9.17. The van der Waals surface area contributed by atoms with E-state index in [-0.39, 0.29) is 0 Å². The minimum atomic E-state index is 0.820. The van der Waals surface area contributed by atoms with Gasteiger partial charge in [0.1, 0.15) is 0 Å². The Morgan fingerprint density at radius 1 is 0.684 bits per heavy atom. The molecule has 0 spiro atoms. The summed E-state index contributed by atoms with van der Waals surface area (Å²) < 4.78 is 0. The summed E-state index contributed by atoms with van der Waals surface area (Å²) in [6.45, 7) is 3.55. The zero-order valence-electron chi connectivity index (χ0n) is 13.4. The van der Waals surface area contributed by atoms with Gasteiger partial charge in [0, 0.05) is 6.04 Å². The average Bonchev–Trinajstić information content (AvgIpc) is 2.41. The molecule has 0 heterocycles. The monoisotopic (exact) mass is 267 g/mol. The molecular formula is C18H37N. The zero-order chi connectivity index (χ0) is 13.6. The van der Waals surface area contributed by atoms with Crippen molar-refractivity contribution in [2.75, 3.05) is 6.54 Å². The highest BCUT2D eigenvalue weighted by Gasteiger charge is 2.08. The first-order valence-electron chi connectivity index (χ1n) is 9.17. The van der Waals surface area contributed by atoms with Gasteiger partial charge < -0.3 is 5.32 Å². The van der Waals surface area contributed by atoms with Crippen molar-refractivity contribution in [3.05, 3.63) is 0 Å². The van der Waals surface area contributed by atoms with Crippen LogP contribution in [0.3, 0.4) is 0 Å². The van der Waals surface area contributed by atoms with E-state index in [9.17, 15) is 0 Å². The molecule has 0 amide bonds. The van der Waals surface area contributed by atoms with Gasteiger partial charge in [0.15, 0.2) is 0 Å². The van der Waals surface area contributed by atoms with Gasteiger partial charge in [0.25, 0.3) is 0 Å². The molecule has 0 atom stereocenters. The minimum Gasteiger partial charge on any atom is -0.314 e. The Labute approximate surface area is 121 Å². The first-order chi connectivity index (χ1) is 9.43. The number of hydrogen-bond acceptors (Lipinski definition) is 1. The second-order valence-corrected chi connectivity index (χ2v) is 6.47. The number of hydrogen-bond donors (Lipinski definition) is 1. The predicted molar refractivity (Wildman–Crippen MR) is 86.7 cm³/mol. The maximum Gasteiger partial charge on any atom is 0.00670 e. The van der Waals surface area contributed by atoms with Crippen LogP contribution in [0.1, 0.15) is 103 Å². The molecule has 1 saturated carbocycles. The van der Waals surface area contributed by atoms with Gasteiger partial charge in [0.2, 0.25) is 0 Å². The Bertz CT molecular complexity index is 167. The van der Waals surface area contributed by atoms with E-state index >= 15 is 0 Å². The molecule has 0 aromatic rings. The lowest BCUT2D eigenvalue weighted by molar-refractivity contribution is 0.399. The fraction of sp³-hybridized carbons (Fsp3) is 1.00. The predicted octanol–water partition coefficient (Wildman–Crippen LogP) is 5.83. The lowest BCUT2D eigenvalue weighted by Gasteiger charge is -2.19. The van der Waals surface area contributed by atoms with Crippen LogP contribution in [0.2, 0.25) is 0 Å². The molecule has 1 aliphatic rings. The van der Waals surface area contributed by atoms with Crippen molar-refractivity contribution in [2.24, 2.45) is 0 Å². The Hall–Kier alpha value is -0.0400. The quantitative estimate of drug-likeness (QED) is 0.597. The second-order valence-electron chi connectivity index (χ2n) is 6.47. The van der Waals surface area contributed by atoms with Gasteiger partial charge >= 0.3 is 0 Å². The maximum absolute atomic E-state index is 3.83. The van der Waals surface area contributed by atoms with Crippen LogP contribution >= 0.6 is 0 Å². The summed E-state index contributed by atoms with van der Waals surface area (Å²) in [4.78, 5) is 0. The van der Waals surface area contributed by atoms with E-state index < -0.39 is 0 Å². The van der Waals surface area contributed by atoms with Gasteiger partial charge in [-0.15, -0.1) is 0 Å². The van der Waals surface area contributed by atoms with Crippen LogP contribution in [0.25, 0.3) is 0 Å². The molecule has 1 aliphatic carbocycles. The van der Waals surface area contributed by atoms with Gasteiger partial charge in [-0.3, -0.25) is 0 Å². The third-order valence-corrected chi connectivity index (χ3v) is 4.57. The van der Waals surface area contributed by atoms with E-state index in [2.05, 4.69) is 12.2 Å². The van der Waals surface area contributed by atoms with Gasteiger partial charge in [-0.2, -0.15) is 0 Å². The van der Waals surface area contributed by atoms with E-state index in [4.69, 9.17) is 0 Å². The number of nitrogens with one attached hydrogen (secondary N) is 1. The number of rotatable bonds is 6. The SMILES string of the molecule is CCCCCCNC1CCCCCCCCCCC1. The summed E-state index contributed by atoms with van der Waals surface area (Å²) in [5.74, 6) is 0. The largest absolute Gasteiger partial charge is 0.314 e. The molecule has 1 fully saturated rings. The molecule has 1 rings (SSSR count). The van der Waals surface area contributed by atoms with Crippen molar-refractivity contribution in [1.29, 1.82) is 0 Å². The Kier molecular flexibility index (Phi) is 11.6. The van der Waals surface area contributed by atoms with Gasteiger partial charge in [-0.1, -0.05) is 84.0 Å². The summed E-state index contributed by atoms with van der Waals surface area (Å²) in [6, 6.07) is 0.820. The normalized spacial score (nSPS) is 20.7. The minimum absolute atomic E-state index is 0.820. The third kappa shape index (κ3) is 10.4. The van der Waals surface area contributed by atoms with Gasteiger partial charge in [-0.05, 0) is 25.8 Å². The highest BCUT2D eigenvalue weighted by atomic mass is 14.9. The fourth-order valence-corrected chi connectivity index (χ4v) is 3.23. The van der Waals surface area contributed by atoms with Gasteiger partial charge in [0.05, 0.1) is 0 Å². The zero-order valence-corrected chi connectivity index (χ0v) is 13.4. The molecule has 114 valence electrons. The highest BCUT2D eigenvalue weighted by Crippen LogP contribution is 2.17. The Morgan fingerprint density at radius 2 is 1.21 bits per heavy atom. The molecule has 0 bridgehead atoms. The van der Waals surface area contributed by atoms with Crippen LogP contribution in [0.15, 0.2) is 0 Å². The molecule has 0 unspecified atom stereocenters. The van der Waals surface area contributed by atoms with Crippen LogP contribution in [0.5, 0.6) is 0 Å². The smallest absolute Gasteiger partial charge is 0.00670 e. The molecule has 19 heavy (non-hydrogen) atoms. The molecule has 0 aromatic heterocycles. The van der Waals surface area contributed by atoms with Crippen LogP contribution in [-0.4, -0.2) is 12.6 Å². The summed E-state index contributed by atoms with van der Waals surface area (Å²) in [5.41, 5.74) is 0. The van der Waals surface area contributed by atoms with Crippen molar-refractivity contribution in [3.8, 4) is 0 Å². The average molecular weight is 268 g/mol. The van der Waals surface area contributed by atoms with Crippen LogP contribution in [-0.2, 0) is 0 Å².